The molecule has 0 atom stereocenters. The molecule has 1 heterocycles. The Balaban J connectivity index is 2.57. The molecule has 0 fully saturated rings. The molecule has 0 aromatic carbocycles. The Morgan fingerprint density at radius 2 is 2.32 bits per heavy atom. The Labute approximate surface area is 115 Å². The number of hydrogen-bond acceptors (Lipinski definition) is 6. The molecule has 0 aliphatic heterocycles. The Kier molecular flexibility index (Phi) is 5.78. The lowest BCUT2D eigenvalue weighted by atomic mass is 10.3. The lowest BCUT2D eigenvalue weighted by Crippen LogP contribution is -2.39. The Morgan fingerprint density at radius 3 is 2.95 bits per heavy atom. The van der Waals surface area contributed by atoms with Gasteiger partial charge in [0.1, 0.15) is 0 Å². The largest absolute Gasteiger partial charge is 0.452 e. The highest BCUT2D eigenvalue weighted by Gasteiger charge is 2.14. The van der Waals surface area contributed by atoms with Crippen LogP contribution in [-0.4, -0.2) is 28.2 Å². The van der Waals surface area contributed by atoms with Crippen LogP contribution >= 0.6 is 11.3 Å². The Bertz CT molecular complexity index is 598. The van der Waals surface area contributed by atoms with Crippen LogP contribution in [0, 0.1) is 11.8 Å². The van der Waals surface area contributed by atoms with E-state index in [0.717, 1.165) is 17.6 Å². The van der Waals surface area contributed by atoms with Crippen LogP contribution in [0.15, 0.2) is 11.4 Å². The molecular formula is C10H13N3O4S2. The molecule has 0 bridgehead atoms. The van der Waals surface area contributed by atoms with Crippen molar-refractivity contribution in [2.24, 2.45) is 5.73 Å². The average molecular weight is 303 g/mol. The van der Waals surface area contributed by atoms with Gasteiger partial charge in [0.05, 0.1) is 13.7 Å². The maximum atomic E-state index is 11.4. The molecule has 0 radical (unpaired) electrons. The predicted octanol–water partition coefficient (Wildman–Crippen LogP) is -0.251. The van der Waals surface area contributed by atoms with Gasteiger partial charge in [0, 0.05) is 22.4 Å². The minimum atomic E-state index is -3.92. The predicted molar refractivity (Wildman–Crippen MR) is 71.6 cm³/mol. The van der Waals surface area contributed by atoms with Gasteiger partial charge in [-0.25, -0.2) is 9.52 Å². The summed E-state index contributed by atoms with van der Waals surface area (Å²) in [6, 6.07) is 1.74. The number of ether oxygens (including phenoxy) is 1. The number of nitrogens with two attached hydrogens (primary N) is 1. The van der Waals surface area contributed by atoms with Crippen molar-refractivity contribution in [3.8, 4) is 11.8 Å². The maximum absolute atomic E-state index is 11.4. The number of carbonyl (C=O) groups is 1. The molecule has 1 aromatic heterocycles. The van der Waals surface area contributed by atoms with E-state index in [2.05, 4.69) is 21.3 Å². The number of amides is 1. The summed E-state index contributed by atoms with van der Waals surface area (Å²) in [7, 11) is -2.85. The summed E-state index contributed by atoms with van der Waals surface area (Å²) in [5, 5.41) is 1.79. The van der Waals surface area contributed by atoms with Crippen molar-refractivity contribution in [1.82, 2.24) is 9.44 Å². The highest BCUT2D eigenvalue weighted by Crippen LogP contribution is 2.13. The van der Waals surface area contributed by atoms with Gasteiger partial charge in [0.15, 0.2) is 0 Å². The van der Waals surface area contributed by atoms with Crippen LogP contribution in [0.25, 0.3) is 0 Å². The minimum absolute atomic E-state index is 0.0568. The summed E-state index contributed by atoms with van der Waals surface area (Å²) in [5.41, 5.74) is 6.01. The zero-order chi connectivity index (χ0) is 14.3. The van der Waals surface area contributed by atoms with Gasteiger partial charge in [-0.2, -0.15) is 13.1 Å². The number of methoxy groups -OCH3 is 1. The van der Waals surface area contributed by atoms with Crippen LogP contribution in [0.4, 0.5) is 4.79 Å². The number of hydrogen-bond donors (Lipinski definition) is 3. The third-order valence-electron chi connectivity index (χ3n) is 1.83. The molecule has 4 N–H and O–H groups in total. The van der Waals surface area contributed by atoms with Gasteiger partial charge >= 0.3 is 16.3 Å². The summed E-state index contributed by atoms with van der Waals surface area (Å²) in [6.45, 7) is 0.322. The monoisotopic (exact) mass is 303 g/mol. The fourth-order valence-electron chi connectivity index (χ4n) is 1.05. The van der Waals surface area contributed by atoms with E-state index in [-0.39, 0.29) is 13.1 Å². The molecule has 104 valence electrons. The third-order valence-corrected chi connectivity index (χ3v) is 3.72. The molecule has 1 aromatic rings. The molecular weight excluding hydrogens is 290 g/mol. The second-order valence-corrected chi connectivity index (χ2v) is 5.72. The van der Waals surface area contributed by atoms with Gasteiger partial charge in [-0.05, 0) is 6.07 Å². The van der Waals surface area contributed by atoms with E-state index in [0.29, 0.717) is 0 Å². The van der Waals surface area contributed by atoms with Gasteiger partial charge < -0.3 is 10.5 Å². The second-order valence-electron chi connectivity index (χ2n) is 3.23. The molecule has 0 aliphatic rings. The standard InChI is InChI=1S/C10H13N3O4S2/c1-17-10(14)13-19(15,16)12-6-9-5-8(7-18-9)3-2-4-11/h5,7,12H,4,6,11H2,1H3,(H,13,14). The number of thiophene rings is 1. The van der Waals surface area contributed by atoms with E-state index < -0.39 is 16.3 Å². The summed E-state index contributed by atoms with van der Waals surface area (Å²) in [5.74, 6) is 5.53. The fraction of sp³-hybridized carbons (Fsp3) is 0.300. The van der Waals surface area contributed by atoms with Crippen LogP contribution < -0.4 is 15.2 Å². The zero-order valence-corrected chi connectivity index (χ0v) is 11.7. The first-order valence-corrected chi connectivity index (χ1v) is 7.45. The summed E-state index contributed by atoms with van der Waals surface area (Å²) in [6.07, 6.45) is -1.05. The lowest BCUT2D eigenvalue weighted by molar-refractivity contribution is 0.177. The third kappa shape index (κ3) is 5.71. The quantitative estimate of drug-likeness (QED) is 0.664. The zero-order valence-electron chi connectivity index (χ0n) is 10.1. The summed E-state index contributed by atoms with van der Waals surface area (Å²) in [4.78, 5) is 11.5. The highest BCUT2D eigenvalue weighted by molar-refractivity contribution is 7.88. The number of carbonyl (C=O) groups excluding carboxylic acids is 1. The molecule has 0 saturated heterocycles. The van der Waals surface area contributed by atoms with Crippen molar-refractivity contribution < 1.29 is 17.9 Å². The van der Waals surface area contributed by atoms with Crippen molar-refractivity contribution in [1.29, 1.82) is 0 Å². The van der Waals surface area contributed by atoms with E-state index in [9.17, 15) is 13.2 Å². The van der Waals surface area contributed by atoms with Crippen molar-refractivity contribution in [3.63, 3.8) is 0 Å². The first-order chi connectivity index (χ1) is 8.96. The van der Waals surface area contributed by atoms with Gasteiger partial charge in [-0.15, -0.1) is 11.3 Å². The van der Waals surface area contributed by atoms with Crippen LogP contribution in [0.3, 0.4) is 0 Å². The minimum Gasteiger partial charge on any atom is -0.452 e. The molecule has 0 unspecified atom stereocenters. The van der Waals surface area contributed by atoms with E-state index in [1.54, 1.807) is 16.2 Å². The smallest absolute Gasteiger partial charge is 0.421 e. The van der Waals surface area contributed by atoms with Crippen molar-refractivity contribution in [2.45, 2.75) is 6.54 Å². The Morgan fingerprint density at radius 1 is 1.58 bits per heavy atom. The van der Waals surface area contributed by atoms with E-state index in [1.807, 2.05) is 0 Å². The molecule has 19 heavy (non-hydrogen) atoms. The van der Waals surface area contributed by atoms with Crippen LogP contribution in [0.5, 0.6) is 0 Å². The SMILES string of the molecule is COC(=O)NS(=O)(=O)NCc1cc(C#CCN)cs1. The van der Waals surface area contributed by atoms with E-state index >= 15 is 0 Å². The summed E-state index contributed by atoms with van der Waals surface area (Å²) < 4.78 is 30.9. The van der Waals surface area contributed by atoms with Crippen LogP contribution in [0.2, 0.25) is 0 Å². The van der Waals surface area contributed by atoms with Crippen LogP contribution in [-0.2, 0) is 21.5 Å². The van der Waals surface area contributed by atoms with E-state index in [4.69, 9.17) is 5.73 Å². The molecule has 7 nitrogen and oxygen atoms in total. The number of rotatable bonds is 4. The molecule has 0 aliphatic carbocycles. The second kappa shape index (κ2) is 7.10. The van der Waals surface area contributed by atoms with Gasteiger partial charge in [-0.1, -0.05) is 11.8 Å². The first kappa shape index (κ1) is 15.5. The van der Waals surface area contributed by atoms with Gasteiger partial charge in [0.2, 0.25) is 0 Å². The van der Waals surface area contributed by atoms with Gasteiger partial charge in [0.25, 0.3) is 0 Å². The molecule has 0 saturated carbocycles. The molecule has 0 spiro atoms. The van der Waals surface area contributed by atoms with Gasteiger partial charge in [-0.3, -0.25) is 0 Å². The molecule has 1 rings (SSSR count). The van der Waals surface area contributed by atoms with Crippen LogP contribution in [0.1, 0.15) is 10.4 Å². The van der Waals surface area contributed by atoms with Crippen molar-refractivity contribution in [3.05, 3.63) is 21.9 Å². The normalized spacial score (nSPS) is 10.4. The van der Waals surface area contributed by atoms with Crippen molar-refractivity contribution >= 4 is 27.6 Å². The fourth-order valence-corrected chi connectivity index (χ4v) is 2.61. The van der Waals surface area contributed by atoms with Crippen molar-refractivity contribution in [2.75, 3.05) is 13.7 Å². The van der Waals surface area contributed by atoms with E-state index in [1.165, 1.54) is 11.3 Å². The highest BCUT2D eigenvalue weighted by atomic mass is 32.2. The molecule has 1 amide bonds. The molecule has 9 heteroatoms. The average Bonchev–Trinajstić information content (AvgIpc) is 2.81. The maximum Gasteiger partial charge on any atom is 0.421 e. The Hall–Kier alpha value is -1.60. The lowest BCUT2D eigenvalue weighted by Gasteiger charge is -2.05. The first-order valence-electron chi connectivity index (χ1n) is 5.08. The number of nitrogens with one attached hydrogen (secondary N) is 2. The topological polar surface area (TPSA) is 111 Å². The summed E-state index contributed by atoms with van der Waals surface area (Å²) >= 11 is 1.35.